The van der Waals surface area contributed by atoms with Crippen LogP contribution in [-0.4, -0.2) is 37.5 Å². The topological polar surface area (TPSA) is 84.9 Å². The van der Waals surface area contributed by atoms with E-state index in [1.807, 2.05) is 0 Å². The molecule has 0 fully saturated rings. The number of hydrogen-bond acceptors (Lipinski definition) is 5. The summed E-state index contributed by atoms with van der Waals surface area (Å²) >= 11 is 0. The van der Waals surface area contributed by atoms with E-state index in [1.165, 1.54) is 11.0 Å². The lowest BCUT2D eigenvalue weighted by molar-refractivity contribution is -0.149. The highest BCUT2D eigenvalue weighted by Crippen LogP contribution is 2.31. The van der Waals surface area contributed by atoms with E-state index in [1.54, 1.807) is 24.3 Å². The second kappa shape index (κ2) is 8.21. The number of para-hydroxylation sites is 2. The maximum absolute atomic E-state index is 12.7. The zero-order valence-corrected chi connectivity index (χ0v) is 14.9. The number of carbonyl (C=O) groups excluding carboxylic acids is 3. The van der Waals surface area contributed by atoms with Crippen LogP contribution in [0, 0.1) is 0 Å². The molecule has 1 aliphatic rings. The molecule has 10 heteroatoms. The molecule has 0 spiro atoms. The fourth-order valence-corrected chi connectivity index (χ4v) is 2.62. The van der Waals surface area contributed by atoms with Crippen LogP contribution >= 0.6 is 0 Å². The standard InChI is InChI=1S/C19H15F3N2O5/c20-19(21,22)12-4-3-5-13(8-12)28-11-18(27)29-10-17(26)24-9-16(25)23-14-6-1-2-7-15(14)24/h1-8H,9-11H2,(H,23,25). The van der Waals surface area contributed by atoms with E-state index in [-0.39, 0.29) is 12.3 Å². The van der Waals surface area contributed by atoms with Crippen LogP contribution in [0.15, 0.2) is 48.5 Å². The van der Waals surface area contributed by atoms with E-state index in [0.717, 1.165) is 18.2 Å². The molecule has 2 aromatic carbocycles. The molecule has 0 radical (unpaired) electrons. The van der Waals surface area contributed by atoms with Gasteiger partial charge in [-0.1, -0.05) is 18.2 Å². The van der Waals surface area contributed by atoms with Crippen LogP contribution in [0.25, 0.3) is 0 Å². The molecule has 29 heavy (non-hydrogen) atoms. The minimum atomic E-state index is -4.54. The summed E-state index contributed by atoms with van der Waals surface area (Å²) in [6, 6.07) is 10.7. The molecule has 2 amide bonds. The van der Waals surface area contributed by atoms with Gasteiger partial charge in [0.2, 0.25) is 5.91 Å². The maximum atomic E-state index is 12.7. The third kappa shape index (κ3) is 5.03. The Kier molecular flexibility index (Phi) is 5.71. The lowest BCUT2D eigenvalue weighted by Gasteiger charge is -2.28. The normalized spacial score (nSPS) is 13.3. The summed E-state index contributed by atoms with van der Waals surface area (Å²) in [5, 5.41) is 2.62. The molecule has 152 valence electrons. The Balaban J connectivity index is 1.54. The smallest absolute Gasteiger partial charge is 0.416 e. The zero-order chi connectivity index (χ0) is 21.0. The van der Waals surface area contributed by atoms with Crippen LogP contribution in [0.3, 0.4) is 0 Å². The molecule has 7 nitrogen and oxygen atoms in total. The van der Waals surface area contributed by atoms with Crippen molar-refractivity contribution in [2.45, 2.75) is 6.18 Å². The molecule has 2 aromatic rings. The molecular formula is C19H15F3N2O5. The second-order valence-electron chi connectivity index (χ2n) is 6.02. The van der Waals surface area contributed by atoms with Crippen molar-refractivity contribution in [2.24, 2.45) is 0 Å². The highest BCUT2D eigenvalue weighted by Gasteiger charge is 2.31. The van der Waals surface area contributed by atoms with Gasteiger partial charge in [-0.25, -0.2) is 4.79 Å². The van der Waals surface area contributed by atoms with Gasteiger partial charge in [-0.2, -0.15) is 13.2 Å². The van der Waals surface area contributed by atoms with Gasteiger partial charge in [0.25, 0.3) is 5.91 Å². The number of benzene rings is 2. The summed E-state index contributed by atoms with van der Waals surface area (Å²) in [7, 11) is 0. The molecule has 1 N–H and O–H groups in total. The number of carbonyl (C=O) groups is 3. The van der Waals surface area contributed by atoms with Gasteiger partial charge in [0, 0.05) is 0 Å². The Morgan fingerprint density at radius 2 is 1.83 bits per heavy atom. The molecule has 1 heterocycles. The summed E-state index contributed by atoms with van der Waals surface area (Å²) in [6.07, 6.45) is -4.54. The van der Waals surface area contributed by atoms with Gasteiger partial charge in [-0.05, 0) is 30.3 Å². The summed E-state index contributed by atoms with van der Waals surface area (Å²) in [4.78, 5) is 37.0. The van der Waals surface area contributed by atoms with Crippen molar-refractivity contribution in [3.05, 3.63) is 54.1 Å². The monoisotopic (exact) mass is 408 g/mol. The van der Waals surface area contributed by atoms with E-state index < -0.39 is 42.7 Å². The van der Waals surface area contributed by atoms with Gasteiger partial charge in [0.05, 0.1) is 16.9 Å². The highest BCUT2D eigenvalue weighted by molar-refractivity contribution is 6.10. The van der Waals surface area contributed by atoms with Gasteiger partial charge in [-0.15, -0.1) is 0 Å². The first-order chi connectivity index (χ1) is 13.7. The number of fused-ring (bicyclic) bond motifs is 1. The van der Waals surface area contributed by atoms with Crippen molar-refractivity contribution in [1.29, 1.82) is 0 Å². The molecule has 0 atom stereocenters. The van der Waals surface area contributed by atoms with Crippen molar-refractivity contribution in [3.8, 4) is 5.75 Å². The van der Waals surface area contributed by atoms with Crippen LogP contribution < -0.4 is 15.0 Å². The number of hydrogen-bond donors (Lipinski definition) is 1. The van der Waals surface area contributed by atoms with E-state index in [4.69, 9.17) is 9.47 Å². The summed E-state index contributed by atoms with van der Waals surface area (Å²) in [5.41, 5.74) is 0.00487. The quantitative estimate of drug-likeness (QED) is 0.769. The first-order valence-electron chi connectivity index (χ1n) is 8.39. The van der Waals surface area contributed by atoms with Gasteiger partial charge in [-0.3, -0.25) is 14.5 Å². The fraction of sp³-hybridized carbons (Fsp3) is 0.211. The minimum absolute atomic E-state index is 0.162. The number of esters is 1. The van der Waals surface area contributed by atoms with Crippen molar-refractivity contribution >= 4 is 29.2 Å². The van der Waals surface area contributed by atoms with E-state index in [0.29, 0.717) is 11.4 Å². The number of anilines is 2. The molecule has 3 rings (SSSR count). The molecule has 0 unspecified atom stereocenters. The Hall–Kier alpha value is -3.56. The van der Waals surface area contributed by atoms with Crippen LogP contribution in [-0.2, 0) is 25.3 Å². The van der Waals surface area contributed by atoms with Crippen molar-refractivity contribution < 1.29 is 37.0 Å². The first-order valence-corrected chi connectivity index (χ1v) is 8.39. The summed E-state index contributed by atoms with van der Waals surface area (Å²) in [6.45, 7) is -1.55. The van der Waals surface area contributed by atoms with Crippen molar-refractivity contribution in [1.82, 2.24) is 0 Å². The van der Waals surface area contributed by atoms with Crippen molar-refractivity contribution in [3.63, 3.8) is 0 Å². The van der Waals surface area contributed by atoms with Gasteiger partial charge < -0.3 is 14.8 Å². The summed E-state index contributed by atoms with van der Waals surface area (Å²) in [5.74, 6) is -2.12. The number of alkyl halides is 3. The molecular weight excluding hydrogens is 393 g/mol. The number of ether oxygens (including phenoxy) is 2. The van der Waals surface area contributed by atoms with E-state index in [2.05, 4.69) is 5.32 Å². The SMILES string of the molecule is O=C1CN(C(=O)COC(=O)COc2cccc(C(F)(F)F)c2)c2ccccc2N1. The van der Waals surface area contributed by atoms with Gasteiger partial charge >= 0.3 is 12.1 Å². The number of nitrogens with one attached hydrogen (secondary N) is 1. The molecule has 0 aliphatic carbocycles. The number of rotatable bonds is 5. The predicted octanol–water partition coefficient (Wildman–Crippen LogP) is 2.61. The highest BCUT2D eigenvalue weighted by atomic mass is 19.4. The van der Waals surface area contributed by atoms with Crippen LogP contribution in [0.5, 0.6) is 5.75 Å². The fourth-order valence-electron chi connectivity index (χ4n) is 2.62. The third-order valence-corrected chi connectivity index (χ3v) is 3.95. The number of amides is 2. The zero-order valence-electron chi connectivity index (χ0n) is 14.9. The van der Waals surface area contributed by atoms with Gasteiger partial charge in [0.15, 0.2) is 13.2 Å². The lowest BCUT2D eigenvalue weighted by atomic mass is 10.2. The van der Waals surface area contributed by atoms with E-state index in [9.17, 15) is 27.6 Å². The molecule has 1 aliphatic heterocycles. The second-order valence-corrected chi connectivity index (χ2v) is 6.02. The Morgan fingerprint density at radius 3 is 2.59 bits per heavy atom. The molecule has 0 saturated heterocycles. The first kappa shape index (κ1) is 20.2. The van der Waals surface area contributed by atoms with Gasteiger partial charge in [0.1, 0.15) is 12.3 Å². The minimum Gasteiger partial charge on any atom is -0.482 e. The molecule has 0 saturated carbocycles. The van der Waals surface area contributed by atoms with Crippen molar-refractivity contribution in [2.75, 3.05) is 30.0 Å². The van der Waals surface area contributed by atoms with Crippen LogP contribution in [0.1, 0.15) is 5.56 Å². The Bertz CT molecular complexity index is 945. The summed E-state index contributed by atoms with van der Waals surface area (Å²) < 4.78 is 47.8. The number of halogens is 3. The predicted molar refractivity (Wildman–Crippen MR) is 95.3 cm³/mol. The van der Waals surface area contributed by atoms with Crippen LogP contribution in [0.4, 0.5) is 24.5 Å². The average molecular weight is 408 g/mol. The third-order valence-electron chi connectivity index (χ3n) is 3.95. The maximum Gasteiger partial charge on any atom is 0.416 e. The molecule has 0 bridgehead atoms. The largest absolute Gasteiger partial charge is 0.482 e. The van der Waals surface area contributed by atoms with E-state index >= 15 is 0 Å². The lowest BCUT2D eigenvalue weighted by Crippen LogP contribution is -2.44. The number of nitrogens with zero attached hydrogens (tertiary/aromatic N) is 1. The Morgan fingerprint density at radius 1 is 1.07 bits per heavy atom. The average Bonchev–Trinajstić information content (AvgIpc) is 2.69. The van der Waals surface area contributed by atoms with Crippen LogP contribution in [0.2, 0.25) is 0 Å². The Labute approximate surface area is 163 Å². The molecule has 0 aromatic heterocycles.